The third kappa shape index (κ3) is 0.915. The monoisotopic (exact) mass is 208 g/mol. The van der Waals surface area contributed by atoms with E-state index >= 15 is 0 Å². The molecule has 0 aliphatic carbocycles. The van der Waals surface area contributed by atoms with Crippen LogP contribution in [-0.2, 0) is 6.42 Å². The molecular weight excluding hydrogens is 196 g/mol. The molecule has 2 nitrogen and oxygen atoms in total. The summed E-state index contributed by atoms with van der Waals surface area (Å²) in [5.74, 6) is 0. The van der Waals surface area contributed by atoms with E-state index in [2.05, 4.69) is 58.7 Å². The summed E-state index contributed by atoms with van der Waals surface area (Å²) in [5, 5.41) is 3.57. The molecular formula is C14H12N2. The molecule has 0 aromatic heterocycles. The van der Waals surface area contributed by atoms with Crippen molar-refractivity contribution in [3.05, 3.63) is 54.1 Å². The zero-order chi connectivity index (χ0) is 10.5. The molecule has 2 aliphatic rings. The van der Waals surface area contributed by atoms with Crippen LogP contribution in [-0.4, -0.2) is 6.17 Å². The Morgan fingerprint density at radius 1 is 0.938 bits per heavy atom. The molecule has 16 heavy (non-hydrogen) atoms. The Morgan fingerprint density at radius 3 is 2.62 bits per heavy atom. The van der Waals surface area contributed by atoms with Crippen LogP contribution in [0.2, 0.25) is 0 Å². The lowest BCUT2D eigenvalue weighted by Crippen LogP contribution is -2.27. The highest BCUT2D eigenvalue weighted by Crippen LogP contribution is 2.46. The quantitative estimate of drug-likeness (QED) is 0.715. The first-order valence-corrected chi connectivity index (χ1v) is 5.66. The number of hydrogen-bond acceptors (Lipinski definition) is 2. The number of para-hydroxylation sites is 3. The van der Waals surface area contributed by atoms with E-state index in [1.807, 2.05) is 0 Å². The molecule has 1 unspecified atom stereocenters. The summed E-state index contributed by atoms with van der Waals surface area (Å²) in [4.78, 5) is 2.41. The van der Waals surface area contributed by atoms with Gasteiger partial charge in [0.1, 0.15) is 6.17 Å². The highest BCUT2D eigenvalue weighted by molar-refractivity contribution is 5.85. The molecule has 0 saturated heterocycles. The number of nitrogens with one attached hydrogen (secondary N) is 1. The number of rotatable bonds is 0. The molecule has 2 aromatic rings. The van der Waals surface area contributed by atoms with E-state index < -0.39 is 0 Å². The van der Waals surface area contributed by atoms with Gasteiger partial charge in [0, 0.05) is 12.1 Å². The van der Waals surface area contributed by atoms with Crippen LogP contribution in [0, 0.1) is 0 Å². The second kappa shape index (κ2) is 2.79. The predicted molar refractivity (Wildman–Crippen MR) is 66.1 cm³/mol. The Labute approximate surface area is 94.5 Å². The van der Waals surface area contributed by atoms with E-state index in [-0.39, 0.29) is 0 Å². The van der Waals surface area contributed by atoms with Gasteiger partial charge in [0.2, 0.25) is 0 Å². The first-order chi connectivity index (χ1) is 7.93. The van der Waals surface area contributed by atoms with Crippen molar-refractivity contribution in [2.75, 3.05) is 10.2 Å². The molecule has 2 aromatic carbocycles. The van der Waals surface area contributed by atoms with Crippen LogP contribution in [0.15, 0.2) is 48.5 Å². The summed E-state index contributed by atoms with van der Waals surface area (Å²) in [6.45, 7) is 0. The minimum absolute atomic E-state index is 0.412. The van der Waals surface area contributed by atoms with Gasteiger partial charge in [-0.05, 0) is 23.8 Å². The SMILES string of the molecule is c1ccc2c(c1)CC1Nc3ccccc3N21. The topological polar surface area (TPSA) is 15.3 Å². The van der Waals surface area contributed by atoms with Gasteiger partial charge in [-0.25, -0.2) is 0 Å². The Kier molecular flexibility index (Phi) is 1.43. The van der Waals surface area contributed by atoms with Gasteiger partial charge in [-0.3, -0.25) is 0 Å². The van der Waals surface area contributed by atoms with Crippen LogP contribution in [0.4, 0.5) is 17.1 Å². The second-order valence-electron chi connectivity index (χ2n) is 4.38. The van der Waals surface area contributed by atoms with Crippen LogP contribution in [0.5, 0.6) is 0 Å². The molecule has 0 amide bonds. The van der Waals surface area contributed by atoms with Gasteiger partial charge in [0.15, 0.2) is 0 Å². The molecule has 2 heteroatoms. The molecule has 2 aliphatic heterocycles. The maximum Gasteiger partial charge on any atom is 0.108 e. The summed E-state index contributed by atoms with van der Waals surface area (Å²) in [6.07, 6.45) is 1.50. The van der Waals surface area contributed by atoms with Crippen molar-refractivity contribution < 1.29 is 0 Å². The van der Waals surface area contributed by atoms with Crippen molar-refractivity contribution in [2.24, 2.45) is 0 Å². The summed E-state index contributed by atoms with van der Waals surface area (Å²) in [7, 11) is 0. The predicted octanol–water partition coefficient (Wildman–Crippen LogP) is 3.13. The van der Waals surface area contributed by atoms with E-state index in [1.165, 1.54) is 22.6 Å². The lowest BCUT2D eigenvalue weighted by Gasteiger charge is -2.18. The zero-order valence-corrected chi connectivity index (χ0v) is 8.85. The summed E-state index contributed by atoms with van der Waals surface area (Å²) in [6, 6.07) is 17.2. The molecule has 1 N–H and O–H groups in total. The molecule has 1 atom stereocenters. The van der Waals surface area contributed by atoms with Crippen LogP contribution in [0.3, 0.4) is 0 Å². The Bertz CT molecular complexity index is 513. The smallest absolute Gasteiger partial charge is 0.108 e. The van der Waals surface area contributed by atoms with Gasteiger partial charge in [0.05, 0.1) is 11.4 Å². The molecule has 0 saturated carbocycles. The first-order valence-electron chi connectivity index (χ1n) is 5.66. The number of hydrogen-bond donors (Lipinski definition) is 1. The minimum atomic E-state index is 0.412. The maximum atomic E-state index is 3.57. The van der Waals surface area contributed by atoms with Crippen molar-refractivity contribution in [3.8, 4) is 0 Å². The van der Waals surface area contributed by atoms with Crippen molar-refractivity contribution in [1.82, 2.24) is 0 Å². The van der Waals surface area contributed by atoms with Gasteiger partial charge < -0.3 is 10.2 Å². The van der Waals surface area contributed by atoms with Gasteiger partial charge >= 0.3 is 0 Å². The van der Waals surface area contributed by atoms with E-state index in [9.17, 15) is 0 Å². The number of anilines is 3. The van der Waals surface area contributed by atoms with Crippen molar-refractivity contribution in [1.29, 1.82) is 0 Å². The molecule has 2 heterocycles. The number of fused-ring (bicyclic) bond motifs is 5. The van der Waals surface area contributed by atoms with E-state index in [1.54, 1.807) is 0 Å². The van der Waals surface area contributed by atoms with Crippen molar-refractivity contribution in [3.63, 3.8) is 0 Å². The average Bonchev–Trinajstić information content (AvgIpc) is 2.83. The second-order valence-corrected chi connectivity index (χ2v) is 4.38. The van der Waals surface area contributed by atoms with E-state index in [0.717, 1.165) is 6.42 Å². The molecule has 4 rings (SSSR count). The average molecular weight is 208 g/mol. The number of nitrogens with zero attached hydrogens (tertiary/aromatic N) is 1. The van der Waals surface area contributed by atoms with Gasteiger partial charge in [-0.1, -0.05) is 30.3 Å². The Hall–Kier alpha value is -1.96. The third-order valence-corrected chi connectivity index (χ3v) is 3.46. The summed E-state index contributed by atoms with van der Waals surface area (Å²) < 4.78 is 0. The van der Waals surface area contributed by atoms with Crippen molar-refractivity contribution in [2.45, 2.75) is 12.6 Å². The highest BCUT2D eigenvalue weighted by atomic mass is 15.3. The zero-order valence-electron chi connectivity index (χ0n) is 8.85. The van der Waals surface area contributed by atoms with Crippen LogP contribution >= 0.6 is 0 Å². The van der Waals surface area contributed by atoms with Gasteiger partial charge in [0.25, 0.3) is 0 Å². The van der Waals surface area contributed by atoms with Gasteiger partial charge in [-0.2, -0.15) is 0 Å². The van der Waals surface area contributed by atoms with Gasteiger partial charge in [-0.15, -0.1) is 0 Å². The van der Waals surface area contributed by atoms with E-state index in [4.69, 9.17) is 0 Å². The molecule has 78 valence electrons. The molecule has 0 fully saturated rings. The molecule has 0 radical (unpaired) electrons. The lowest BCUT2D eigenvalue weighted by molar-refractivity contribution is 0.807. The largest absolute Gasteiger partial charge is 0.363 e. The summed E-state index contributed by atoms with van der Waals surface area (Å²) in [5.41, 5.74) is 5.35. The van der Waals surface area contributed by atoms with Crippen molar-refractivity contribution >= 4 is 17.1 Å². The van der Waals surface area contributed by atoms with Crippen LogP contribution in [0.25, 0.3) is 0 Å². The molecule has 0 bridgehead atoms. The summed E-state index contributed by atoms with van der Waals surface area (Å²) >= 11 is 0. The fourth-order valence-electron chi connectivity index (χ4n) is 2.78. The van der Waals surface area contributed by atoms with Crippen LogP contribution < -0.4 is 10.2 Å². The lowest BCUT2D eigenvalue weighted by atomic mass is 10.1. The Balaban J connectivity index is 1.93. The Morgan fingerprint density at radius 2 is 1.69 bits per heavy atom. The molecule has 0 spiro atoms. The number of benzene rings is 2. The highest BCUT2D eigenvalue weighted by Gasteiger charge is 2.35. The van der Waals surface area contributed by atoms with E-state index in [0.29, 0.717) is 6.17 Å². The fraction of sp³-hybridized carbons (Fsp3) is 0.143. The fourth-order valence-corrected chi connectivity index (χ4v) is 2.78. The third-order valence-electron chi connectivity index (χ3n) is 3.46. The van der Waals surface area contributed by atoms with Crippen LogP contribution in [0.1, 0.15) is 5.56 Å². The standard InChI is InChI=1S/C14H12N2/c1-3-7-12-10(5-1)9-14-15-11-6-2-4-8-13(11)16(12)14/h1-8,14-15H,9H2. The first kappa shape index (κ1) is 8.22. The normalized spacial score (nSPS) is 20.0. The minimum Gasteiger partial charge on any atom is -0.363 e. The maximum absolute atomic E-state index is 3.57.